The Bertz CT molecular complexity index is 646. The summed E-state index contributed by atoms with van der Waals surface area (Å²) in [6.07, 6.45) is -3.41. The van der Waals surface area contributed by atoms with Gasteiger partial charge in [-0.1, -0.05) is 54.6 Å². The maximum absolute atomic E-state index is 10.0. The number of hydrogen-bond acceptors (Lipinski definition) is 5. The third-order valence-electron chi connectivity index (χ3n) is 4.66. The number of rotatable bonds is 4. The molecule has 0 radical (unpaired) electrons. The molecule has 1 aliphatic rings. The topological polar surface area (TPSA) is 84.2 Å². The summed E-state index contributed by atoms with van der Waals surface area (Å²) < 4.78 is 0. The first-order chi connectivity index (χ1) is 11.6. The molecule has 5 nitrogen and oxygen atoms in total. The third kappa shape index (κ3) is 3.50. The maximum atomic E-state index is 10.0. The van der Waals surface area contributed by atoms with Crippen LogP contribution in [0, 0.1) is 0 Å². The Hall–Kier alpha value is -1.76. The van der Waals surface area contributed by atoms with E-state index in [0.29, 0.717) is 6.54 Å². The molecule has 4 atom stereocenters. The van der Waals surface area contributed by atoms with Gasteiger partial charge in [-0.15, -0.1) is 0 Å². The van der Waals surface area contributed by atoms with E-state index in [1.54, 1.807) is 4.90 Å². The molecule has 1 heterocycles. The predicted octanol–water partition coefficient (Wildman–Crippen LogP) is 0.613. The molecule has 4 N–H and O–H groups in total. The van der Waals surface area contributed by atoms with Crippen LogP contribution in [-0.4, -0.2) is 62.8 Å². The van der Waals surface area contributed by atoms with E-state index in [1.807, 2.05) is 42.5 Å². The van der Waals surface area contributed by atoms with Crippen LogP contribution in [0.4, 0.5) is 0 Å². The minimum absolute atomic E-state index is 0.212. The minimum Gasteiger partial charge on any atom is -0.395 e. The lowest BCUT2D eigenvalue weighted by atomic mass is 9.93. The average molecular weight is 329 g/mol. The SMILES string of the molecule is OCC1C(O)C(O)C(O)CN1Cc1ccc(-c2ccccc2)cc1. The van der Waals surface area contributed by atoms with Crippen LogP contribution in [0.25, 0.3) is 11.1 Å². The summed E-state index contributed by atoms with van der Waals surface area (Å²) >= 11 is 0. The highest BCUT2D eigenvalue weighted by atomic mass is 16.4. The van der Waals surface area contributed by atoms with Crippen molar-refractivity contribution in [3.63, 3.8) is 0 Å². The largest absolute Gasteiger partial charge is 0.395 e. The molecule has 1 fully saturated rings. The van der Waals surface area contributed by atoms with E-state index < -0.39 is 24.4 Å². The second kappa shape index (κ2) is 7.42. The van der Waals surface area contributed by atoms with E-state index in [4.69, 9.17) is 0 Å². The number of aliphatic hydroxyl groups excluding tert-OH is 4. The lowest BCUT2D eigenvalue weighted by molar-refractivity contribution is -0.147. The van der Waals surface area contributed by atoms with E-state index in [9.17, 15) is 20.4 Å². The first kappa shape index (κ1) is 17.1. The summed E-state index contributed by atoms with van der Waals surface area (Å²) in [5.74, 6) is 0. The van der Waals surface area contributed by atoms with Gasteiger partial charge in [0.1, 0.15) is 12.2 Å². The number of benzene rings is 2. The standard InChI is InChI=1S/C19H23NO4/c21-12-16-18(23)19(24)17(22)11-20(16)10-13-6-8-15(9-7-13)14-4-2-1-3-5-14/h1-9,16-19,21-24H,10-12H2. The van der Waals surface area contributed by atoms with E-state index in [1.165, 1.54) is 0 Å². The Morgan fingerprint density at radius 2 is 1.46 bits per heavy atom. The molecular weight excluding hydrogens is 306 g/mol. The number of hydrogen-bond donors (Lipinski definition) is 4. The smallest absolute Gasteiger partial charge is 0.109 e. The van der Waals surface area contributed by atoms with Gasteiger partial charge < -0.3 is 20.4 Å². The van der Waals surface area contributed by atoms with E-state index in [-0.39, 0.29) is 13.2 Å². The molecule has 2 aromatic rings. The van der Waals surface area contributed by atoms with Crippen LogP contribution in [-0.2, 0) is 6.54 Å². The second-order valence-corrected chi connectivity index (χ2v) is 6.29. The summed E-state index contributed by atoms with van der Waals surface area (Å²) in [5.41, 5.74) is 3.28. The average Bonchev–Trinajstić information content (AvgIpc) is 2.61. The fourth-order valence-electron chi connectivity index (χ4n) is 3.23. The van der Waals surface area contributed by atoms with Crippen molar-refractivity contribution < 1.29 is 20.4 Å². The molecule has 3 rings (SSSR count). The molecule has 0 spiro atoms. The van der Waals surface area contributed by atoms with Crippen LogP contribution in [0.5, 0.6) is 0 Å². The van der Waals surface area contributed by atoms with Gasteiger partial charge in [0.2, 0.25) is 0 Å². The van der Waals surface area contributed by atoms with Crippen molar-refractivity contribution in [2.24, 2.45) is 0 Å². The van der Waals surface area contributed by atoms with Gasteiger partial charge in [-0.3, -0.25) is 4.90 Å². The molecule has 0 aliphatic carbocycles. The molecule has 2 aromatic carbocycles. The molecule has 0 bridgehead atoms. The highest BCUT2D eigenvalue weighted by molar-refractivity contribution is 5.63. The Morgan fingerprint density at radius 1 is 0.833 bits per heavy atom. The van der Waals surface area contributed by atoms with Gasteiger partial charge in [0.05, 0.1) is 18.8 Å². The highest BCUT2D eigenvalue weighted by Crippen LogP contribution is 2.23. The molecule has 0 saturated carbocycles. The number of likely N-dealkylation sites (tertiary alicyclic amines) is 1. The number of piperidine rings is 1. The molecule has 24 heavy (non-hydrogen) atoms. The van der Waals surface area contributed by atoms with Crippen molar-refractivity contribution in [3.8, 4) is 11.1 Å². The monoisotopic (exact) mass is 329 g/mol. The minimum atomic E-state index is -1.22. The van der Waals surface area contributed by atoms with E-state index in [0.717, 1.165) is 16.7 Å². The molecule has 128 valence electrons. The summed E-state index contributed by atoms with van der Waals surface area (Å²) in [4.78, 5) is 1.81. The lowest BCUT2D eigenvalue weighted by Gasteiger charge is -2.43. The second-order valence-electron chi connectivity index (χ2n) is 6.29. The van der Waals surface area contributed by atoms with Crippen molar-refractivity contribution in [3.05, 3.63) is 60.2 Å². The Labute approximate surface area is 141 Å². The van der Waals surface area contributed by atoms with Crippen LogP contribution in [0.3, 0.4) is 0 Å². The first-order valence-corrected chi connectivity index (χ1v) is 8.13. The summed E-state index contributed by atoms with van der Waals surface area (Å²) in [5, 5.41) is 39.2. The van der Waals surface area contributed by atoms with Crippen molar-refractivity contribution >= 4 is 0 Å². The van der Waals surface area contributed by atoms with E-state index >= 15 is 0 Å². The molecule has 5 heteroatoms. The Balaban J connectivity index is 1.73. The van der Waals surface area contributed by atoms with Gasteiger partial charge in [-0.25, -0.2) is 0 Å². The van der Waals surface area contributed by atoms with Gasteiger partial charge in [0.15, 0.2) is 0 Å². The summed E-state index contributed by atoms with van der Waals surface area (Å²) in [7, 11) is 0. The quantitative estimate of drug-likeness (QED) is 0.661. The maximum Gasteiger partial charge on any atom is 0.109 e. The van der Waals surface area contributed by atoms with Crippen LogP contribution < -0.4 is 0 Å². The van der Waals surface area contributed by atoms with Crippen LogP contribution in [0.15, 0.2) is 54.6 Å². The van der Waals surface area contributed by atoms with Crippen molar-refractivity contribution in [2.75, 3.05) is 13.2 Å². The van der Waals surface area contributed by atoms with Crippen LogP contribution in [0.2, 0.25) is 0 Å². The number of β-amino-alcohol motifs (C(OH)–C–C–N with tert-alkyl or cyclic N) is 1. The van der Waals surface area contributed by atoms with E-state index in [2.05, 4.69) is 12.1 Å². The van der Waals surface area contributed by atoms with Gasteiger partial charge in [-0.2, -0.15) is 0 Å². The van der Waals surface area contributed by atoms with Gasteiger partial charge in [0.25, 0.3) is 0 Å². The fourth-order valence-corrected chi connectivity index (χ4v) is 3.23. The zero-order valence-corrected chi connectivity index (χ0v) is 13.4. The number of nitrogens with zero attached hydrogens (tertiary/aromatic N) is 1. The zero-order chi connectivity index (χ0) is 17.1. The Morgan fingerprint density at radius 3 is 2.08 bits per heavy atom. The molecule has 4 unspecified atom stereocenters. The van der Waals surface area contributed by atoms with Gasteiger partial charge >= 0.3 is 0 Å². The van der Waals surface area contributed by atoms with Gasteiger partial charge in [-0.05, 0) is 16.7 Å². The summed E-state index contributed by atoms with van der Waals surface area (Å²) in [6, 6.07) is 17.6. The van der Waals surface area contributed by atoms with Crippen LogP contribution >= 0.6 is 0 Å². The first-order valence-electron chi connectivity index (χ1n) is 8.13. The van der Waals surface area contributed by atoms with Gasteiger partial charge in [0, 0.05) is 13.1 Å². The normalized spacial score (nSPS) is 28.0. The van der Waals surface area contributed by atoms with Crippen molar-refractivity contribution in [1.29, 1.82) is 0 Å². The van der Waals surface area contributed by atoms with Crippen molar-refractivity contribution in [1.82, 2.24) is 4.90 Å². The highest BCUT2D eigenvalue weighted by Gasteiger charge is 2.40. The molecule has 0 amide bonds. The lowest BCUT2D eigenvalue weighted by Crippen LogP contribution is -2.62. The van der Waals surface area contributed by atoms with Crippen molar-refractivity contribution in [2.45, 2.75) is 30.9 Å². The molecule has 1 saturated heterocycles. The fraction of sp³-hybridized carbons (Fsp3) is 0.368. The molecular formula is C19H23NO4. The predicted molar refractivity (Wildman–Crippen MR) is 91.2 cm³/mol. The third-order valence-corrected chi connectivity index (χ3v) is 4.66. The van der Waals surface area contributed by atoms with Crippen LogP contribution in [0.1, 0.15) is 5.56 Å². The zero-order valence-electron chi connectivity index (χ0n) is 13.4. The number of aliphatic hydroxyl groups is 4. The molecule has 1 aliphatic heterocycles. The molecule has 0 aromatic heterocycles. The summed E-state index contributed by atoms with van der Waals surface area (Å²) in [6.45, 7) is 0.429. The Kier molecular flexibility index (Phi) is 5.28.